The lowest BCUT2D eigenvalue weighted by Gasteiger charge is -2.39. The van der Waals surface area contributed by atoms with Gasteiger partial charge >= 0.3 is 6.18 Å². The van der Waals surface area contributed by atoms with E-state index in [1.165, 1.54) is 0 Å². The Hall–Kier alpha value is -1.74. The Bertz CT molecular complexity index is 519. The Kier molecular flexibility index (Phi) is 4.19. The molecular weight excluding hydrogens is 267 g/mol. The summed E-state index contributed by atoms with van der Waals surface area (Å²) in [5.41, 5.74) is 1.97. The number of piperazine rings is 1. The number of hydrogen-bond acceptors (Lipinski definition) is 3. The molecule has 2 rings (SSSR count). The molecule has 1 aliphatic rings. The predicted molar refractivity (Wildman–Crippen MR) is 70.6 cm³/mol. The molecule has 0 radical (unpaired) electrons. The molecule has 1 N–H and O–H groups in total. The summed E-state index contributed by atoms with van der Waals surface area (Å²) in [4.78, 5) is 1.76. The van der Waals surface area contributed by atoms with Crippen LogP contribution in [-0.2, 0) is 0 Å². The van der Waals surface area contributed by atoms with E-state index in [0.29, 0.717) is 25.2 Å². The maximum absolute atomic E-state index is 12.7. The number of nitrogens with one attached hydrogen (secondary N) is 1. The van der Waals surface area contributed by atoms with E-state index in [2.05, 4.69) is 11.4 Å². The second kappa shape index (κ2) is 5.71. The van der Waals surface area contributed by atoms with Gasteiger partial charge in [-0.25, -0.2) is 0 Å². The van der Waals surface area contributed by atoms with Crippen LogP contribution in [-0.4, -0.2) is 31.9 Å². The van der Waals surface area contributed by atoms with Crippen LogP contribution in [0.2, 0.25) is 0 Å². The standard InChI is InChI=1S/C14H16F3N3/c1-10-11(8-18)3-2-4-13(10)20-6-5-19-9-12(20)7-14(15,16)17/h2-4,12,19H,5-7,9H2,1H3. The third kappa shape index (κ3) is 3.23. The number of rotatable bonds is 2. The molecule has 0 bridgehead atoms. The maximum Gasteiger partial charge on any atom is 0.391 e. The fourth-order valence-corrected chi connectivity index (χ4v) is 2.58. The molecule has 1 aromatic carbocycles. The summed E-state index contributed by atoms with van der Waals surface area (Å²) < 4.78 is 38.0. The minimum atomic E-state index is -4.19. The van der Waals surface area contributed by atoms with E-state index in [0.717, 1.165) is 11.3 Å². The van der Waals surface area contributed by atoms with Crippen molar-refractivity contribution in [1.82, 2.24) is 5.32 Å². The van der Waals surface area contributed by atoms with Gasteiger partial charge in [0.25, 0.3) is 0 Å². The molecule has 1 aliphatic heterocycles. The van der Waals surface area contributed by atoms with Crippen molar-refractivity contribution < 1.29 is 13.2 Å². The molecule has 1 aromatic rings. The van der Waals surface area contributed by atoms with Gasteiger partial charge in [0.1, 0.15) is 0 Å². The fourth-order valence-electron chi connectivity index (χ4n) is 2.58. The number of halogens is 3. The highest BCUT2D eigenvalue weighted by molar-refractivity contribution is 5.60. The second-order valence-electron chi connectivity index (χ2n) is 4.93. The molecule has 1 atom stereocenters. The Labute approximate surface area is 116 Å². The number of anilines is 1. The zero-order valence-corrected chi connectivity index (χ0v) is 11.2. The molecule has 108 valence electrons. The number of benzene rings is 1. The molecule has 20 heavy (non-hydrogen) atoms. The van der Waals surface area contributed by atoms with Gasteiger partial charge in [0.05, 0.1) is 24.1 Å². The van der Waals surface area contributed by atoms with Crippen molar-refractivity contribution in [1.29, 1.82) is 5.26 Å². The van der Waals surface area contributed by atoms with Gasteiger partial charge in [-0.05, 0) is 24.6 Å². The van der Waals surface area contributed by atoms with E-state index in [9.17, 15) is 13.2 Å². The van der Waals surface area contributed by atoms with Crippen molar-refractivity contribution in [3.05, 3.63) is 29.3 Å². The number of hydrogen-bond donors (Lipinski definition) is 1. The number of alkyl halides is 3. The lowest BCUT2D eigenvalue weighted by Crippen LogP contribution is -2.53. The van der Waals surface area contributed by atoms with Gasteiger partial charge in [-0.2, -0.15) is 18.4 Å². The third-order valence-electron chi connectivity index (χ3n) is 3.55. The van der Waals surface area contributed by atoms with Crippen molar-refractivity contribution in [3.8, 4) is 6.07 Å². The van der Waals surface area contributed by atoms with Gasteiger partial charge in [0.15, 0.2) is 0 Å². The van der Waals surface area contributed by atoms with Crippen LogP contribution >= 0.6 is 0 Å². The summed E-state index contributed by atoms with van der Waals surface area (Å²) in [5.74, 6) is 0. The van der Waals surface area contributed by atoms with Crippen molar-refractivity contribution in [3.63, 3.8) is 0 Å². The van der Waals surface area contributed by atoms with Crippen LogP contribution in [0.4, 0.5) is 18.9 Å². The first-order chi connectivity index (χ1) is 9.42. The first-order valence-electron chi connectivity index (χ1n) is 6.46. The summed E-state index contributed by atoms with van der Waals surface area (Å²) in [5, 5.41) is 12.0. The Morgan fingerprint density at radius 2 is 2.20 bits per heavy atom. The Morgan fingerprint density at radius 1 is 1.45 bits per heavy atom. The average Bonchev–Trinajstić information content (AvgIpc) is 2.38. The van der Waals surface area contributed by atoms with Crippen molar-refractivity contribution >= 4 is 5.69 Å². The van der Waals surface area contributed by atoms with E-state index in [-0.39, 0.29) is 0 Å². The summed E-state index contributed by atoms with van der Waals surface area (Å²) in [6.45, 7) is 3.23. The molecule has 0 amide bonds. The lowest BCUT2D eigenvalue weighted by atomic mass is 10.0. The van der Waals surface area contributed by atoms with Gasteiger partial charge in [-0.1, -0.05) is 6.07 Å². The zero-order valence-electron chi connectivity index (χ0n) is 11.2. The molecule has 0 aromatic heterocycles. The van der Waals surface area contributed by atoms with Crippen molar-refractivity contribution in [2.24, 2.45) is 0 Å². The molecule has 3 nitrogen and oxygen atoms in total. The highest BCUT2D eigenvalue weighted by atomic mass is 19.4. The third-order valence-corrected chi connectivity index (χ3v) is 3.55. The van der Waals surface area contributed by atoms with Crippen LogP contribution in [0.15, 0.2) is 18.2 Å². The first-order valence-corrected chi connectivity index (χ1v) is 6.46. The highest BCUT2D eigenvalue weighted by Gasteiger charge is 2.36. The van der Waals surface area contributed by atoms with Crippen LogP contribution in [0.3, 0.4) is 0 Å². The van der Waals surface area contributed by atoms with E-state index in [1.807, 2.05) is 0 Å². The minimum absolute atomic E-state index is 0.301. The van der Waals surface area contributed by atoms with Gasteiger partial charge < -0.3 is 10.2 Å². The van der Waals surface area contributed by atoms with E-state index >= 15 is 0 Å². The predicted octanol–water partition coefficient (Wildman–Crippen LogP) is 2.60. The summed E-state index contributed by atoms with van der Waals surface area (Å²) >= 11 is 0. The van der Waals surface area contributed by atoms with Crippen LogP contribution in [0.1, 0.15) is 17.5 Å². The molecule has 1 fully saturated rings. The minimum Gasteiger partial charge on any atom is -0.365 e. The van der Waals surface area contributed by atoms with Gasteiger partial charge in [0.2, 0.25) is 0 Å². The highest BCUT2D eigenvalue weighted by Crippen LogP contribution is 2.30. The molecule has 1 unspecified atom stereocenters. The van der Waals surface area contributed by atoms with Gasteiger partial charge in [-0.3, -0.25) is 0 Å². The maximum atomic E-state index is 12.7. The smallest absolute Gasteiger partial charge is 0.365 e. The van der Waals surface area contributed by atoms with Gasteiger partial charge in [-0.15, -0.1) is 0 Å². The lowest BCUT2D eigenvalue weighted by molar-refractivity contribution is -0.138. The largest absolute Gasteiger partial charge is 0.391 e. The van der Waals surface area contributed by atoms with Crippen LogP contribution in [0.5, 0.6) is 0 Å². The van der Waals surface area contributed by atoms with Gasteiger partial charge in [0, 0.05) is 25.3 Å². The summed E-state index contributed by atoms with van der Waals surface area (Å²) in [6, 6.07) is 6.62. The van der Waals surface area contributed by atoms with Crippen LogP contribution < -0.4 is 10.2 Å². The Balaban J connectivity index is 2.31. The van der Waals surface area contributed by atoms with Crippen molar-refractivity contribution in [2.75, 3.05) is 24.5 Å². The second-order valence-corrected chi connectivity index (χ2v) is 4.93. The average molecular weight is 283 g/mol. The number of nitrogens with zero attached hydrogens (tertiary/aromatic N) is 2. The molecule has 6 heteroatoms. The molecule has 1 heterocycles. The van der Waals surface area contributed by atoms with Crippen LogP contribution in [0, 0.1) is 18.3 Å². The number of nitriles is 1. The fraction of sp³-hybridized carbons (Fsp3) is 0.500. The Morgan fingerprint density at radius 3 is 2.85 bits per heavy atom. The molecular formula is C14H16F3N3. The van der Waals surface area contributed by atoms with E-state index < -0.39 is 18.6 Å². The van der Waals surface area contributed by atoms with Crippen molar-refractivity contribution in [2.45, 2.75) is 25.6 Å². The molecule has 0 aliphatic carbocycles. The first kappa shape index (κ1) is 14.7. The molecule has 1 saturated heterocycles. The van der Waals surface area contributed by atoms with Crippen LogP contribution in [0.25, 0.3) is 0 Å². The quantitative estimate of drug-likeness (QED) is 0.906. The SMILES string of the molecule is Cc1c(C#N)cccc1N1CCNCC1CC(F)(F)F. The monoisotopic (exact) mass is 283 g/mol. The topological polar surface area (TPSA) is 39.1 Å². The van der Waals surface area contributed by atoms with E-state index in [1.54, 1.807) is 30.0 Å². The molecule has 0 saturated carbocycles. The molecule has 0 spiro atoms. The summed E-state index contributed by atoms with van der Waals surface area (Å²) in [7, 11) is 0. The summed E-state index contributed by atoms with van der Waals surface area (Å²) in [6.07, 6.45) is -5.04. The normalized spacial score (nSPS) is 19.8. The zero-order chi connectivity index (χ0) is 14.8. The van der Waals surface area contributed by atoms with E-state index in [4.69, 9.17) is 5.26 Å².